The number of likely N-dealkylation sites (tertiary alicyclic amines) is 1. The molecule has 0 aromatic heterocycles. The lowest BCUT2D eigenvalue weighted by molar-refractivity contribution is 0.145. The third-order valence-electron chi connectivity index (χ3n) is 7.88. The van der Waals surface area contributed by atoms with E-state index >= 15 is 0 Å². The van der Waals surface area contributed by atoms with Crippen molar-refractivity contribution in [3.05, 3.63) is 83.1 Å². The van der Waals surface area contributed by atoms with Crippen molar-refractivity contribution in [2.45, 2.75) is 126 Å². The average molecular weight is 618 g/mol. The van der Waals surface area contributed by atoms with Crippen molar-refractivity contribution in [3.63, 3.8) is 0 Å². The summed E-state index contributed by atoms with van der Waals surface area (Å²) in [5.74, 6) is 0. The van der Waals surface area contributed by atoms with Crippen molar-refractivity contribution in [3.8, 4) is 0 Å². The summed E-state index contributed by atoms with van der Waals surface area (Å²) < 4.78 is 0. The van der Waals surface area contributed by atoms with Crippen LogP contribution in [0.15, 0.2) is 60.2 Å². The number of amidine groups is 1. The number of aliphatic imine (C=N–C) groups is 1. The van der Waals surface area contributed by atoms with Crippen LogP contribution in [0.5, 0.6) is 0 Å². The number of unbranched alkanes of at least 4 members (excludes halogenated alkanes) is 2. The summed E-state index contributed by atoms with van der Waals surface area (Å²) in [4.78, 5) is 7.37. The third-order valence-corrected chi connectivity index (χ3v) is 8.50. The predicted octanol–water partition coefficient (Wildman–Crippen LogP) is 10.3. The molecular weight excluding hydrogens is 553 g/mol. The number of aryl methyl sites for hydroxylation is 2. The predicted molar refractivity (Wildman–Crippen MR) is 205 cm³/mol. The van der Waals surface area contributed by atoms with E-state index in [1.54, 1.807) is 11.8 Å². The molecule has 0 amide bonds. The first-order valence-corrected chi connectivity index (χ1v) is 18.0. The minimum atomic E-state index is 0.509. The zero-order chi connectivity index (χ0) is 33.5. The van der Waals surface area contributed by atoms with E-state index in [0.717, 1.165) is 48.0 Å². The lowest BCUT2D eigenvalue weighted by atomic mass is 9.95. The van der Waals surface area contributed by atoms with Crippen LogP contribution in [0.25, 0.3) is 5.57 Å². The molecule has 5 heteroatoms. The fourth-order valence-electron chi connectivity index (χ4n) is 4.20. The standard InChI is InChI=1S/C19H28BN3S.C12H16.2C4H10/c1-4-15(2)22-19(24-3)21-13-18-7-5-6-12-23(18)14-16-8-10-17(20)11-9-16;1-8(2)12-6-9(3)11(5)10(4)7-12;2*1-3-4-2/h8-11,18H,2,4-7,12-14H2,1,3H3,(H,21,22);6-7H,1H2,2-5H3;2*3-4H2,1-2H3. The Labute approximate surface area is 278 Å². The van der Waals surface area contributed by atoms with Gasteiger partial charge < -0.3 is 5.32 Å². The molecule has 1 N–H and O–H groups in total. The molecule has 244 valence electrons. The van der Waals surface area contributed by atoms with Gasteiger partial charge in [-0.2, -0.15) is 0 Å². The molecule has 1 saturated heterocycles. The van der Waals surface area contributed by atoms with Gasteiger partial charge in [-0.15, -0.1) is 0 Å². The van der Waals surface area contributed by atoms with Crippen molar-refractivity contribution in [1.82, 2.24) is 10.2 Å². The maximum absolute atomic E-state index is 5.79. The SMILES string of the molecule is C=C(C)c1cc(C)c(C)c(C)c1.CCCC.CCCC.[B]c1ccc(CN2CCCCC2CN=C(NC(=C)CC)SC)cc1. The quantitative estimate of drug-likeness (QED) is 0.172. The molecule has 0 spiro atoms. The molecule has 1 unspecified atom stereocenters. The van der Waals surface area contributed by atoms with Crippen LogP contribution < -0.4 is 10.8 Å². The van der Waals surface area contributed by atoms with E-state index in [2.05, 4.69) is 109 Å². The highest BCUT2D eigenvalue weighted by Gasteiger charge is 2.22. The second-order valence-corrected chi connectivity index (χ2v) is 12.6. The highest BCUT2D eigenvalue weighted by Crippen LogP contribution is 2.21. The van der Waals surface area contributed by atoms with Gasteiger partial charge in [-0.25, -0.2) is 0 Å². The van der Waals surface area contributed by atoms with Gasteiger partial charge >= 0.3 is 0 Å². The Hall–Kier alpha value is -2.24. The highest BCUT2D eigenvalue weighted by molar-refractivity contribution is 8.13. The summed E-state index contributed by atoms with van der Waals surface area (Å²) in [7, 11) is 5.79. The van der Waals surface area contributed by atoms with Crippen LogP contribution in [0.2, 0.25) is 0 Å². The van der Waals surface area contributed by atoms with Crippen molar-refractivity contribution >= 4 is 35.8 Å². The van der Waals surface area contributed by atoms with E-state index in [9.17, 15) is 0 Å². The molecule has 44 heavy (non-hydrogen) atoms. The minimum Gasteiger partial charge on any atom is -0.339 e. The van der Waals surface area contributed by atoms with Crippen LogP contribution in [0.4, 0.5) is 0 Å². The number of hydrogen-bond donors (Lipinski definition) is 1. The first-order valence-electron chi connectivity index (χ1n) is 16.8. The van der Waals surface area contributed by atoms with Gasteiger partial charge in [-0.1, -0.05) is 139 Å². The van der Waals surface area contributed by atoms with Crippen molar-refractivity contribution in [2.75, 3.05) is 19.3 Å². The van der Waals surface area contributed by atoms with E-state index in [1.807, 2.05) is 19.1 Å². The van der Waals surface area contributed by atoms with Gasteiger partial charge in [0.05, 0.1) is 6.54 Å². The van der Waals surface area contributed by atoms with Crippen LogP contribution in [-0.4, -0.2) is 43.3 Å². The number of rotatable bonds is 9. The van der Waals surface area contributed by atoms with Gasteiger partial charge in [0.1, 0.15) is 7.85 Å². The number of thioether (sulfide) groups is 1. The number of benzene rings is 2. The lowest BCUT2D eigenvalue weighted by Crippen LogP contribution is -2.41. The van der Waals surface area contributed by atoms with Crippen LogP contribution >= 0.6 is 11.8 Å². The maximum Gasteiger partial charge on any atom is 0.160 e. The Balaban J connectivity index is 0.000000763. The summed E-state index contributed by atoms with van der Waals surface area (Å²) in [5.41, 5.74) is 9.66. The van der Waals surface area contributed by atoms with Crippen LogP contribution in [0.3, 0.4) is 0 Å². The zero-order valence-electron chi connectivity index (χ0n) is 30.1. The number of allylic oxidation sites excluding steroid dienone is 2. The molecule has 1 fully saturated rings. The zero-order valence-corrected chi connectivity index (χ0v) is 30.9. The van der Waals surface area contributed by atoms with E-state index in [-0.39, 0.29) is 0 Å². The second kappa shape index (κ2) is 25.0. The van der Waals surface area contributed by atoms with E-state index in [4.69, 9.17) is 12.8 Å². The summed E-state index contributed by atoms with van der Waals surface area (Å²) in [6, 6.07) is 13.1. The first kappa shape index (κ1) is 41.8. The molecule has 2 radical (unpaired) electrons. The lowest BCUT2D eigenvalue weighted by Gasteiger charge is -2.35. The molecule has 2 aromatic carbocycles. The van der Waals surface area contributed by atoms with Crippen molar-refractivity contribution < 1.29 is 0 Å². The molecule has 1 aliphatic heterocycles. The van der Waals surface area contributed by atoms with Crippen LogP contribution in [-0.2, 0) is 6.54 Å². The summed E-state index contributed by atoms with van der Waals surface area (Å²) in [6.07, 6.45) is 12.0. The smallest absolute Gasteiger partial charge is 0.160 e. The Bertz CT molecular complexity index is 1080. The van der Waals surface area contributed by atoms with E-state index in [0.29, 0.717) is 6.04 Å². The summed E-state index contributed by atoms with van der Waals surface area (Å²) in [6.45, 7) is 30.2. The van der Waals surface area contributed by atoms with Crippen LogP contribution in [0, 0.1) is 20.8 Å². The van der Waals surface area contributed by atoms with E-state index in [1.165, 1.54) is 72.8 Å². The highest BCUT2D eigenvalue weighted by atomic mass is 32.2. The molecule has 1 aliphatic rings. The van der Waals surface area contributed by atoms with Crippen molar-refractivity contribution in [1.29, 1.82) is 0 Å². The Morgan fingerprint density at radius 3 is 1.93 bits per heavy atom. The maximum atomic E-state index is 5.79. The van der Waals surface area contributed by atoms with Crippen molar-refractivity contribution in [2.24, 2.45) is 4.99 Å². The number of hydrogen-bond acceptors (Lipinski definition) is 3. The normalized spacial score (nSPS) is 14.6. The minimum absolute atomic E-state index is 0.509. The van der Waals surface area contributed by atoms with Gasteiger partial charge in [-0.05, 0) is 87.6 Å². The Morgan fingerprint density at radius 1 is 0.932 bits per heavy atom. The van der Waals surface area contributed by atoms with Gasteiger partial charge in [0, 0.05) is 18.3 Å². The topological polar surface area (TPSA) is 27.6 Å². The van der Waals surface area contributed by atoms with Gasteiger partial charge in [0.2, 0.25) is 0 Å². The number of nitrogens with zero attached hydrogens (tertiary/aromatic N) is 2. The fourth-order valence-corrected chi connectivity index (χ4v) is 4.65. The Morgan fingerprint density at radius 2 is 1.48 bits per heavy atom. The molecular formula is C39H64BN3S. The van der Waals surface area contributed by atoms with Crippen LogP contribution in [0.1, 0.15) is 121 Å². The first-order chi connectivity index (χ1) is 21.0. The molecule has 3 nitrogen and oxygen atoms in total. The number of nitrogens with one attached hydrogen (secondary N) is 1. The fraction of sp³-hybridized carbons (Fsp3) is 0.564. The molecule has 1 heterocycles. The second-order valence-electron chi connectivity index (χ2n) is 11.8. The summed E-state index contributed by atoms with van der Waals surface area (Å²) >= 11 is 1.65. The summed E-state index contributed by atoms with van der Waals surface area (Å²) in [5, 5.41) is 4.28. The van der Waals surface area contributed by atoms with Gasteiger partial charge in [-0.3, -0.25) is 9.89 Å². The van der Waals surface area contributed by atoms with E-state index < -0.39 is 0 Å². The molecule has 0 bridgehead atoms. The third kappa shape index (κ3) is 17.9. The van der Waals surface area contributed by atoms with Gasteiger partial charge in [0.15, 0.2) is 5.17 Å². The monoisotopic (exact) mass is 617 g/mol. The average Bonchev–Trinajstić information content (AvgIpc) is 3.03. The molecule has 3 rings (SSSR count). The molecule has 1 atom stereocenters. The number of piperidine rings is 1. The largest absolute Gasteiger partial charge is 0.339 e. The Kier molecular flexibility index (Phi) is 23.7. The molecule has 0 saturated carbocycles. The molecule has 0 aliphatic carbocycles. The molecule has 2 aromatic rings. The van der Waals surface area contributed by atoms with Gasteiger partial charge in [0.25, 0.3) is 0 Å².